The number of carbonyl (C=O) groups excluding carboxylic acids is 2. The predicted octanol–water partition coefficient (Wildman–Crippen LogP) is -2.90. The molecular weight excluding hydrogens is 276 g/mol. The number of aliphatic hydroxyl groups excluding tert-OH is 2. The number of hydrogen-bond acceptors (Lipinski definition) is 6. The maximum Gasteiger partial charge on any atom is 0.312 e. The molecule has 19 heavy (non-hydrogen) atoms. The SMILES string of the molecule is O=C(NC1CCS(=O)(=O)C1)C(=O)N(CCO)CCO. The standard InChI is InChI=1S/C10H18N2O6S/c13-4-2-12(3-5-14)10(16)9(15)11-8-1-6-19(17,18)7-8/h8,13-14H,1-7H2,(H,11,15). The van der Waals surface area contributed by atoms with E-state index in [0.717, 1.165) is 4.90 Å². The molecule has 3 N–H and O–H groups in total. The monoisotopic (exact) mass is 294 g/mol. The molecule has 2 amide bonds. The van der Waals surface area contributed by atoms with Gasteiger partial charge in [-0.15, -0.1) is 0 Å². The zero-order valence-electron chi connectivity index (χ0n) is 10.4. The first-order valence-corrected chi connectivity index (χ1v) is 7.73. The van der Waals surface area contributed by atoms with Gasteiger partial charge < -0.3 is 20.4 Å². The molecule has 0 bridgehead atoms. The maximum atomic E-state index is 11.7. The van der Waals surface area contributed by atoms with Gasteiger partial charge in [0, 0.05) is 19.1 Å². The minimum atomic E-state index is -3.13. The molecular formula is C10H18N2O6S. The van der Waals surface area contributed by atoms with E-state index in [0.29, 0.717) is 6.42 Å². The molecule has 9 heteroatoms. The Morgan fingerprint density at radius 2 is 1.79 bits per heavy atom. The zero-order chi connectivity index (χ0) is 14.5. The van der Waals surface area contributed by atoms with Crippen LogP contribution >= 0.6 is 0 Å². The van der Waals surface area contributed by atoms with Crippen LogP contribution in [0.3, 0.4) is 0 Å². The van der Waals surface area contributed by atoms with Crippen LogP contribution in [0.5, 0.6) is 0 Å². The summed E-state index contributed by atoms with van der Waals surface area (Å²) in [4.78, 5) is 24.4. The van der Waals surface area contributed by atoms with Crippen molar-refractivity contribution in [3.63, 3.8) is 0 Å². The van der Waals surface area contributed by atoms with Gasteiger partial charge in [-0.2, -0.15) is 0 Å². The number of amides is 2. The molecule has 1 aliphatic rings. The van der Waals surface area contributed by atoms with Crippen LogP contribution in [-0.2, 0) is 19.4 Å². The van der Waals surface area contributed by atoms with Gasteiger partial charge in [0.05, 0.1) is 24.7 Å². The van der Waals surface area contributed by atoms with Gasteiger partial charge in [0.15, 0.2) is 9.84 Å². The molecule has 0 aromatic carbocycles. The van der Waals surface area contributed by atoms with Crippen LogP contribution in [0, 0.1) is 0 Å². The van der Waals surface area contributed by atoms with E-state index in [1.165, 1.54) is 0 Å². The lowest BCUT2D eigenvalue weighted by molar-refractivity contribution is -0.146. The fraction of sp³-hybridized carbons (Fsp3) is 0.800. The number of nitrogens with one attached hydrogen (secondary N) is 1. The summed E-state index contributed by atoms with van der Waals surface area (Å²) in [6.07, 6.45) is 0.293. The summed E-state index contributed by atoms with van der Waals surface area (Å²) in [6, 6.07) is -0.549. The lowest BCUT2D eigenvalue weighted by Gasteiger charge is -2.20. The lowest BCUT2D eigenvalue weighted by atomic mass is 10.2. The summed E-state index contributed by atoms with van der Waals surface area (Å²) in [7, 11) is -3.13. The zero-order valence-corrected chi connectivity index (χ0v) is 11.2. The van der Waals surface area contributed by atoms with Crippen LogP contribution in [0.15, 0.2) is 0 Å². The molecule has 0 aliphatic carbocycles. The van der Waals surface area contributed by atoms with Crippen molar-refractivity contribution in [2.75, 3.05) is 37.8 Å². The summed E-state index contributed by atoms with van der Waals surface area (Å²) in [5, 5.41) is 19.9. The number of rotatable bonds is 5. The van der Waals surface area contributed by atoms with E-state index in [4.69, 9.17) is 10.2 Å². The molecule has 0 spiro atoms. The van der Waals surface area contributed by atoms with Gasteiger partial charge in [0.2, 0.25) is 0 Å². The van der Waals surface area contributed by atoms with Crippen LogP contribution in [0.25, 0.3) is 0 Å². The Kier molecular flexibility index (Phi) is 5.70. The van der Waals surface area contributed by atoms with Crippen molar-refractivity contribution in [3.05, 3.63) is 0 Å². The molecule has 0 saturated carbocycles. The molecule has 1 saturated heterocycles. The van der Waals surface area contributed by atoms with Gasteiger partial charge in [-0.1, -0.05) is 0 Å². The van der Waals surface area contributed by atoms with Crippen molar-refractivity contribution < 1.29 is 28.2 Å². The molecule has 0 aromatic heterocycles. The van der Waals surface area contributed by atoms with Gasteiger partial charge in [-0.25, -0.2) is 8.42 Å². The lowest BCUT2D eigenvalue weighted by Crippen LogP contribution is -2.48. The van der Waals surface area contributed by atoms with Gasteiger partial charge >= 0.3 is 11.8 Å². The molecule has 1 aliphatic heterocycles. The van der Waals surface area contributed by atoms with E-state index >= 15 is 0 Å². The van der Waals surface area contributed by atoms with Crippen molar-refractivity contribution in [1.29, 1.82) is 0 Å². The Labute approximate surface area is 111 Å². The Morgan fingerprint density at radius 1 is 1.21 bits per heavy atom. The Bertz CT molecular complexity index is 429. The number of aliphatic hydroxyl groups is 2. The number of nitrogens with zero attached hydrogens (tertiary/aromatic N) is 1. The van der Waals surface area contributed by atoms with Crippen LogP contribution < -0.4 is 5.32 Å². The van der Waals surface area contributed by atoms with Crippen LogP contribution in [0.4, 0.5) is 0 Å². The average Bonchev–Trinajstić information content (AvgIpc) is 2.67. The van der Waals surface area contributed by atoms with E-state index in [9.17, 15) is 18.0 Å². The second kappa shape index (κ2) is 6.83. The van der Waals surface area contributed by atoms with Crippen LogP contribution in [0.1, 0.15) is 6.42 Å². The molecule has 8 nitrogen and oxygen atoms in total. The number of sulfone groups is 1. The van der Waals surface area contributed by atoms with E-state index in [1.54, 1.807) is 0 Å². The number of carbonyl (C=O) groups is 2. The Hall–Kier alpha value is -1.19. The van der Waals surface area contributed by atoms with E-state index in [2.05, 4.69) is 5.32 Å². The molecule has 1 atom stereocenters. The van der Waals surface area contributed by atoms with E-state index in [-0.39, 0.29) is 37.8 Å². The largest absolute Gasteiger partial charge is 0.395 e. The minimum absolute atomic E-state index is 0.00311. The van der Waals surface area contributed by atoms with Crippen molar-refractivity contribution in [3.8, 4) is 0 Å². The Morgan fingerprint density at radius 3 is 2.21 bits per heavy atom. The molecule has 1 rings (SSSR count). The predicted molar refractivity (Wildman–Crippen MR) is 66.0 cm³/mol. The molecule has 1 fully saturated rings. The Balaban J connectivity index is 2.54. The minimum Gasteiger partial charge on any atom is -0.395 e. The van der Waals surface area contributed by atoms with Crippen LogP contribution in [-0.4, -0.2) is 79.2 Å². The third-order valence-corrected chi connectivity index (χ3v) is 4.56. The third-order valence-electron chi connectivity index (χ3n) is 2.79. The normalized spacial score (nSPS) is 21.1. The van der Waals surface area contributed by atoms with Crippen LogP contribution in [0.2, 0.25) is 0 Å². The molecule has 110 valence electrons. The van der Waals surface area contributed by atoms with Crippen molar-refractivity contribution in [1.82, 2.24) is 10.2 Å². The van der Waals surface area contributed by atoms with Gasteiger partial charge in [-0.3, -0.25) is 9.59 Å². The fourth-order valence-corrected chi connectivity index (χ4v) is 3.53. The maximum absolute atomic E-state index is 11.7. The smallest absolute Gasteiger partial charge is 0.312 e. The van der Waals surface area contributed by atoms with Crippen molar-refractivity contribution in [2.45, 2.75) is 12.5 Å². The second-order valence-corrected chi connectivity index (χ2v) is 6.54. The summed E-state index contributed by atoms with van der Waals surface area (Å²) in [5.41, 5.74) is 0. The molecule has 0 radical (unpaired) electrons. The first-order valence-electron chi connectivity index (χ1n) is 5.91. The highest BCUT2D eigenvalue weighted by atomic mass is 32.2. The summed E-state index contributed by atoms with van der Waals surface area (Å²) in [6.45, 7) is -0.765. The van der Waals surface area contributed by atoms with Crippen molar-refractivity contribution >= 4 is 21.7 Å². The third kappa shape index (κ3) is 4.77. The first-order chi connectivity index (χ1) is 8.89. The summed E-state index contributed by atoms with van der Waals surface area (Å²) in [5.74, 6) is -1.95. The average molecular weight is 294 g/mol. The highest BCUT2D eigenvalue weighted by Gasteiger charge is 2.31. The van der Waals surface area contributed by atoms with E-state index in [1.807, 2.05) is 0 Å². The number of hydrogen-bond donors (Lipinski definition) is 3. The summed E-state index contributed by atoms with van der Waals surface area (Å²) < 4.78 is 22.4. The first kappa shape index (κ1) is 15.9. The second-order valence-electron chi connectivity index (χ2n) is 4.31. The quantitative estimate of drug-likeness (QED) is 0.467. The highest BCUT2D eigenvalue weighted by molar-refractivity contribution is 7.91. The van der Waals surface area contributed by atoms with Gasteiger partial charge in [0.25, 0.3) is 0 Å². The highest BCUT2D eigenvalue weighted by Crippen LogP contribution is 2.11. The molecule has 0 aromatic rings. The van der Waals surface area contributed by atoms with Crippen molar-refractivity contribution in [2.24, 2.45) is 0 Å². The summed E-state index contributed by atoms with van der Waals surface area (Å²) >= 11 is 0. The molecule has 1 unspecified atom stereocenters. The van der Waals surface area contributed by atoms with E-state index < -0.39 is 27.7 Å². The fourth-order valence-electron chi connectivity index (χ4n) is 1.86. The molecule has 1 heterocycles. The topological polar surface area (TPSA) is 124 Å². The van der Waals surface area contributed by atoms with Gasteiger partial charge in [0.1, 0.15) is 0 Å². The van der Waals surface area contributed by atoms with Gasteiger partial charge in [-0.05, 0) is 6.42 Å².